The van der Waals surface area contributed by atoms with Crippen molar-refractivity contribution in [3.63, 3.8) is 0 Å². The Bertz CT molecular complexity index is 912. The van der Waals surface area contributed by atoms with E-state index in [0.717, 1.165) is 18.6 Å². The molecule has 1 saturated heterocycles. The molecule has 3 N–H and O–H groups in total. The zero-order valence-electron chi connectivity index (χ0n) is 19.2. The van der Waals surface area contributed by atoms with E-state index >= 15 is 0 Å². The van der Waals surface area contributed by atoms with Crippen molar-refractivity contribution >= 4 is 39.6 Å². The van der Waals surface area contributed by atoms with Crippen molar-refractivity contribution in [2.24, 2.45) is 21.7 Å². The van der Waals surface area contributed by atoms with Crippen molar-refractivity contribution in [2.45, 2.75) is 25.4 Å². The molecule has 0 spiro atoms. The average molecular weight is 523 g/mol. The highest BCUT2D eigenvalue weighted by molar-refractivity contribution is 9.12. The highest BCUT2D eigenvalue weighted by Gasteiger charge is 2.31. The van der Waals surface area contributed by atoms with E-state index in [1.54, 1.807) is 23.4 Å². The van der Waals surface area contributed by atoms with Crippen LogP contribution in [-0.4, -0.2) is 75.1 Å². The summed E-state index contributed by atoms with van der Waals surface area (Å²) in [5.41, 5.74) is 7.90. The molecule has 1 fully saturated rings. The Morgan fingerprint density at radius 1 is 1.30 bits per heavy atom. The lowest BCUT2D eigenvalue weighted by atomic mass is 9.90. The third kappa shape index (κ3) is 6.17. The summed E-state index contributed by atoms with van der Waals surface area (Å²) in [6, 6.07) is 3.24. The normalized spacial score (nSPS) is 20.9. The third-order valence-electron chi connectivity index (χ3n) is 5.66. The molecule has 2 aliphatic rings. The molecule has 10 nitrogen and oxygen atoms in total. The molecule has 0 radical (unpaired) electrons. The van der Waals surface area contributed by atoms with E-state index < -0.39 is 0 Å². The molecule has 33 heavy (non-hydrogen) atoms. The fraction of sp³-hybridized carbons (Fsp3) is 0.500. The predicted molar refractivity (Wildman–Crippen MR) is 133 cm³/mol. The number of nitrogens with two attached hydrogens (primary N) is 1. The Morgan fingerprint density at radius 2 is 2.00 bits per heavy atom. The van der Waals surface area contributed by atoms with Crippen LogP contribution in [0.2, 0.25) is 0 Å². The molecule has 2 amide bonds. The molecular weight excluding hydrogens is 492 g/mol. The largest absolute Gasteiger partial charge is 0.493 e. The van der Waals surface area contributed by atoms with Crippen molar-refractivity contribution in [2.75, 3.05) is 46.4 Å². The second-order valence-corrected chi connectivity index (χ2v) is 8.84. The summed E-state index contributed by atoms with van der Waals surface area (Å²) in [6.07, 6.45) is 3.83. The summed E-state index contributed by atoms with van der Waals surface area (Å²) in [5, 5.41) is 8.98. The molecule has 1 aromatic carbocycles. The Hall–Kier alpha value is -2.79. The number of ether oxygens (including phenoxy) is 3. The van der Waals surface area contributed by atoms with Gasteiger partial charge in [-0.2, -0.15) is 5.10 Å². The van der Waals surface area contributed by atoms with Crippen LogP contribution in [0.15, 0.2) is 33.3 Å². The van der Waals surface area contributed by atoms with Crippen molar-refractivity contribution in [3.8, 4) is 17.2 Å². The number of benzene rings is 1. The maximum Gasteiger partial charge on any atom is 0.321 e. The topological polar surface area (TPSA) is 114 Å². The molecule has 0 aliphatic carbocycles. The molecular formula is C22H31BrN6O4. The number of urea groups is 1. The minimum absolute atomic E-state index is 0.174. The number of hydrogen-bond acceptors (Lipinski definition) is 8. The lowest BCUT2D eigenvalue weighted by Crippen LogP contribution is -2.49. The van der Waals surface area contributed by atoms with Crippen LogP contribution in [0.4, 0.5) is 10.5 Å². The zero-order valence-corrected chi connectivity index (χ0v) is 20.8. The van der Waals surface area contributed by atoms with Crippen LogP contribution in [-0.2, 0) is 0 Å². The molecule has 3 rings (SSSR count). The molecule has 1 aromatic rings. The Kier molecular flexibility index (Phi) is 8.56. The van der Waals surface area contributed by atoms with E-state index in [9.17, 15) is 4.79 Å². The van der Waals surface area contributed by atoms with Crippen LogP contribution in [0.3, 0.4) is 0 Å². The van der Waals surface area contributed by atoms with Crippen LogP contribution in [0, 0.1) is 5.92 Å². The van der Waals surface area contributed by atoms with E-state index in [1.807, 2.05) is 4.90 Å². The number of methoxy groups -OCH3 is 3. The number of carbonyl (C=O) groups is 1. The first-order chi connectivity index (χ1) is 15.9. The van der Waals surface area contributed by atoms with E-state index in [0.29, 0.717) is 53.6 Å². The van der Waals surface area contributed by atoms with Gasteiger partial charge in [0, 0.05) is 47.8 Å². The van der Waals surface area contributed by atoms with Gasteiger partial charge in [-0.1, -0.05) is 6.58 Å². The summed E-state index contributed by atoms with van der Waals surface area (Å²) in [5.74, 6) is 1.60. The minimum Gasteiger partial charge on any atom is -0.493 e. The number of amides is 2. The Balaban J connectivity index is 1.66. The number of halogens is 1. The number of piperidine rings is 1. The lowest BCUT2D eigenvalue weighted by Gasteiger charge is -2.37. The number of nitrogens with one attached hydrogen (secondary N) is 1. The number of anilines is 1. The number of aliphatic imine (C=N–C) groups is 1. The van der Waals surface area contributed by atoms with E-state index in [4.69, 9.17) is 24.9 Å². The van der Waals surface area contributed by atoms with Crippen molar-refractivity contribution < 1.29 is 19.0 Å². The van der Waals surface area contributed by atoms with Gasteiger partial charge in [-0.05, 0) is 28.8 Å². The number of hydrazone groups is 1. The van der Waals surface area contributed by atoms with E-state index in [-0.39, 0.29) is 18.1 Å². The molecule has 2 heterocycles. The van der Waals surface area contributed by atoms with Gasteiger partial charge < -0.3 is 30.2 Å². The highest BCUT2D eigenvalue weighted by atomic mass is 79.9. The van der Waals surface area contributed by atoms with Crippen molar-refractivity contribution in [1.29, 1.82) is 0 Å². The Morgan fingerprint density at radius 3 is 2.58 bits per heavy atom. The summed E-state index contributed by atoms with van der Waals surface area (Å²) < 4.78 is 16.8. The number of carbonyl (C=O) groups excluding carboxylic acids is 1. The first-order valence-electron chi connectivity index (χ1n) is 10.7. The van der Waals surface area contributed by atoms with Crippen molar-refractivity contribution in [3.05, 3.63) is 23.2 Å². The number of allylic oxidation sites excluding steroid dienone is 1. The maximum absolute atomic E-state index is 13.0. The minimum atomic E-state index is -0.260. The van der Waals surface area contributed by atoms with Crippen LogP contribution in [0.1, 0.15) is 19.3 Å². The van der Waals surface area contributed by atoms with Crippen molar-refractivity contribution in [1.82, 2.24) is 9.91 Å². The molecule has 0 aromatic heterocycles. The van der Waals surface area contributed by atoms with Crippen LogP contribution < -0.4 is 25.3 Å². The summed E-state index contributed by atoms with van der Waals surface area (Å²) >= 11 is 3.25. The predicted octanol–water partition coefficient (Wildman–Crippen LogP) is 3.24. The Labute approximate surface area is 202 Å². The SMILES string of the molecule is C=C(Br)/C=N\N1CN=C(C2CCCN(C(=O)Nc3cc(OC)c(OC)c(OC)c3)C2)CC1N. The second-order valence-electron chi connectivity index (χ2n) is 7.82. The molecule has 11 heteroatoms. The van der Waals surface area contributed by atoms with Gasteiger partial charge in [-0.25, -0.2) is 4.79 Å². The third-order valence-corrected chi connectivity index (χ3v) is 5.87. The molecule has 2 unspecified atom stereocenters. The molecule has 180 valence electrons. The van der Waals surface area contributed by atoms with Crippen LogP contribution in [0.25, 0.3) is 0 Å². The van der Waals surface area contributed by atoms with E-state index in [1.165, 1.54) is 21.3 Å². The van der Waals surface area contributed by atoms with Gasteiger partial charge in [-0.15, -0.1) is 0 Å². The smallest absolute Gasteiger partial charge is 0.321 e. The quantitative estimate of drug-likeness (QED) is 0.531. The fourth-order valence-electron chi connectivity index (χ4n) is 4.00. The van der Waals surface area contributed by atoms with Gasteiger partial charge in [0.05, 0.1) is 33.2 Å². The van der Waals surface area contributed by atoms with Gasteiger partial charge in [0.25, 0.3) is 0 Å². The maximum atomic E-state index is 13.0. The molecule has 0 bridgehead atoms. The average Bonchev–Trinajstić information content (AvgIpc) is 2.82. The first kappa shape index (κ1) is 24.8. The number of nitrogens with zero attached hydrogens (tertiary/aromatic N) is 4. The second kappa shape index (κ2) is 11.4. The lowest BCUT2D eigenvalue weighted by molar-refractivity contribution is 0.183. The van der Waals surface area contributed by atoms with Gasteiger partial charge >= 0.3 is 6.03 Å². The molecule has 2 atom stereocenters. The highest BCUT2D eigenvalue weighted by Crippen LogP contribution is 2.40. The number of hydrogen-bond donors (Lipinski definition) is 2. The first-order valence-corrected chi connectivity index (χ1v) is 11.4. The fourth-order valence-corrected chi connectivity index (χ4v) is 4.09. The van der Waals surface area contributed by atoms with Crippen LogP contribution >= 0.6 is 15.9 Å². The van der Waals surface area contributed by atoms with Gasteiger partial charge in [0.1, 0.15) is 12.8 Å². The summed E-state index contributed by atoms with van der Waals surface area (Å²) in [7, 11) is 4.61. The van der Waals surface area contributed by atoms with Gasteiger partial charge in [0.2, 0.25) is 5.75 Å². The number of likely N-dealkylation sites (tertiary alicyclic amines) is 1. The summed E-state index contributed by atoms with van der Waals surface area (Å²) in [4.78, 5) is 19.5. The standard InChI is InChI=1S/C22H31BrN6O4/c1-14(23)11-26-29-13-25-17(10-20(29)24)15-6-5-7-28(12-15)22(30)27-16-8-18(31-2)21(33-4)19(9-16)32-3/h8-9,11,15,20H,1,5-7,10,12-13,24H2,2-4H3,(H,27,30)/b26-11-. The molecule has 2 aliphatic heterocycles. The van der Waals surface area contributed by atoms with E-state index in [2.05, 4.69) is 32.9 Å². The molecule has 0 saturated carbocycles. The monoisotopic (exact) mass is 522 g/mol. The summed E-state index contributed by atoms with van der Waals surface area (Å²) in [6.45, 7) is 5.39. The van der Waals surface area contributed by atoms with Gasteiger partial charge in [0.15, 0.2) is 11.5 Å². The van der Waals surface area contributed by atoms with Crippen LogP contribution in [0.5, 0.6) is 17.2 Å². The van der Waals surface area contributed by atoms with Gasteiger partial charge in [-0.3, -0.25) is 10.0 Å². The number of rotatable bonds is 7. The zero-order chi connectivity index (χ0) is 24.0.